The number of hydrogen-bond acceptors (Lipinski definition) is 3. The summed E-state index contributed by atoms with van der Waals surface area (Å²) in [5.41, 5.74) is 10.8. The number of fused-ring (bicyclic) bond motifs is 3. The highest BCUT2D eigenvalue weighted by atomic mass is 16.1. The van der Waals surface area contributed by atoms with Crippen LogP contribution in [0.3, 0.4) is 0 Å². The predicted octanol–water partition coefficient (Wildman–Crippen LogP) is 1.86. The minimum absolute atomic E-state index is 0.241. The smallest absolute Gasteiger partial charge is 0.231 e. The van der Waals surface area contributed by atoms with E-state index in [1.54, 1.807) is 0 Å². The van der Waals surface area contributed by atoms with E-state index in [0.29, 0.717) is 12.6 Å². The van der Waals surface area contributed by atoms with Gasteiger partial charge in [-0.05, 0) is 22.3 Å². The van der Waals surface area contributed by atoms with E-state index in [2.05, 4.69) is 58.3 Å². The average Bonchev–Trinajstić information content (AvgIpc) is 2.90. The molecule has 2 aromatic carbocycles. The van der Waals surface area contributed by atoms with Crippen LogP contribution in [0.2, 0.25) is 0 Å². The van der Waals surface area contributed by atoms with Crippen molar-refractivity contribution in [2.24, 2.45) is 5.73 Å². The van der Waals surface area contributed by atoms with Gasteiger partial charge >= 0.3 is 0 Å². The minimum atomic E-state index is -0.241. The molecule has 118 valence electrons. The van der Waals surface area contributed by atoms with Gasteiger partial charge in [0.1, 0.15) is 0 Å². The normalized spacial score (nSPS) is 18.6. The van der Waals surface area contributed by atoms with E-state index in [1.165, 1.54) is 22.3 Å². The molecular weight excluding hydrogens is 286 g/mol. The Morgan fingerprint density at radius 1 is 0.913 bits per heavy atom. The zero-order valence-electron chi connectivity index (χ0n) is 13.1. The monoisotopic (exact) mass is 307 g/mol. The standard InChI is InChI=1S/C19H21N3O/c20-18(23)13-21-9-11-22(12-10-21)19-16-7-3-1-5-14(16)15-6-2-4-8-17(15)19/h1-8,19H,9-13H2,(H2,20,23). The molecule has 1 saturated heterocycles. The molecule has 1 aliphatic carbocycles. The SMILES string of the molecule is NC(=O)CN1CCN(C2c3ccccc3-c3ccccc32)CC1. The summed E-state index contributed by atoms with van der Waals surface area (Å²) in [6.45, 7) is 4.07. The van der Waals surface area contributed by atoms with Crippen LogP contribution in [-0.2, 0) is 4.79 Å². The molecule has 2 aromatic rings. The lowest BCUT2D eigenvalue weighted by Crippen LogP contribution is -2.49. The Morgan fingerprint density at radius 2 is 1.43 bits per heavy atom. The topological polar surface area (TPSA) is 49.6 Å². The van der Waals surface area contributed by atoms with Crippen molar-refractivity contribution in [3.63, 3.8) is 0 Å². The van der Waals surface area contributed by atoms with E-state index >= 15 is 0 Å². The van der Waals surface area contributed by atoms with Gasteiger partial charge in [0.15, 0.2) is 0 Å². The van der Waals surface area contributed by atoms with E-state index in [4.69, 9.17) is 5.73 Å². The van der Waals surface area contributed by atoms with Crippen LogP contribution in [0.5, 0.6) is 0 Å². The maximum atomic E-state index is 11.1. The zero-order chi connectivity index (χ0) is 15.8. The first-order chi connectivity index (χ1) is 11.2. The van der Waals surface area contributed by atoms with Crippen LogP contribution in [0.15, 0.2) is 48.5 Å². The Hall–Kier alpha value is -2.17. The van der Waals surface area contributed by atoms with Gasteiger partial charge in [0.25, 0.3) is 0 Å². The maximum absolute atomic E-state index is 11.1. The third-order valence-electron chi connectivity index (χ3n) is 4.95. The lowest BCUT2D eigenvalue weighted by Gasteiger charge is -2.38. The van der Waals surface area contributed by atoms with Crippen LogP contribution in [0, 0.1) is 0 Å². The fourth-order valence-electron chi connectivity index (χ4n) is 3.92. The number of hydrogen-bond donors (Lipinski definition) is 1. The number of benzene rings is 2. The molecule has 23 heavy (non-hydrogen) atoms. The number of nitrogens with zero attached hydrogens (tertiary/aromatic N) is 2. The molecule has 0 unspecified atom stereocenters. The zero-order valence-corrected chi connectivity index (χ0v) is 13.1. The van der Waals surface area contributed by atoms with E-state index in [-0.39, 0.29) is 5.91 Å². The van der Waals surface area contributed by atoms with Crippen LogP contribution in [0.25, 0.3) is 11.1 Å². The summed E-state index contributed by atoms with van der Waals surface area (Å²) >= 11 is 0. The number of primary amides is 1. The highest BCUT2D eigenvalue weighted by Gasteiger charge is 2.34. The molecule has 0 spiro atoms. The molecule has 1 amide bonds. The summed E-state index contributed by atoms with van der Waals surface area (Å²) in [5, 5.41) is 0. The molecule has 1 heterocycles. The molecule has 0 saturated carbocycles. The second-order valence-electron chi connectivity index (χ2n) is 6.36. The molecule has 0 bridgehead atoms. The first-order valence-electron chi connectivity index (χ1n) is 8.17. The van der Waals surface area contributed by atoms with E-state index in [1.807, 2.05) is 0 Å². The highest BCUT2D eigenvalue weighted by molar-refractivity contribution is 5.78. The summed E-state index contributed by atoms with van der Waals surface area (Å²) < 4.78 is 0. The van der Waals surface area contributed by atoms with Crippen LogP contribution in [-0.4, -0.2) is 48.4 Å². The van der Waals surface area contributed by atoms with Gasteiger partial charge in [-0.25, -0.2) is 0 Å². The quantitative estimate of drug-likeness (QED) is 0.941. The van der Waals surface area contributed by atoms with Crippen molar-refractivity contribution in [1.82, 2.24) is 9.80 Å². The summed E-state index contributed by atoms with van der Waals surface area (Å²) in [6, 6.07) is 17.7. The van der Waals surface area contributed by atoms with Crippen LogP contribution >= 0.6 is 0 Å². The first kappa shape index (κ1) is 14.4. The van der Waals surface area contributed by atoms with Crippen molar-refractivity contribution >= 4 is 5.91 Å². The summed E-state index contributed by atoms with van der Waals surface area (Å²) in [4.78, 5) is 15.8. The Morgan fingerprint density at radius 3 is 1.96 bits per heavy atom. The third-order valence-corrected chi connectivity index (χ3v) is 4.95. The average molecular weight is 307 g/mol. The number of rotatable bonds is 3. The minimum Gasteiger partial charge on any atom is -0.369 e. The summed E-state index contributed by atoms with van der Waals surface area (Å²) in [6.07, 6.45) is 0. The predicted molar refractivity (Wildman–Crippen MR) is 90.9 cm³/mol. The van der Waals surface area contributed by atoms with Crippen LogP contribution in [0.1, 0.15) is 17.2 Å². The van der Waals surface area contributed by atoms with Crippen molar-refractivity contribution in [1.29, 1.82) is 0 Å². The van der Waals surface area contributed by atoms with Gasteiger partial charge in [-0.3, -0.25) is 14.6 Å². The van der Waals surface area contributed by atoms with Gasteiger partial charge in [-0.2, -0.15) is 0 Å². The molecule has 0 atom stereocenters. The number of amides is 1. The van der Waals surface area contributed by atoms with Gasteiger partial charge in [0.2, 0.25) is 5.91 Å². The molecular formula is C19H21N3O. The van der Waals surface area contributed by atoms with Crippen LogP contribution < -0.4 is 5.73 Å². The summed E-state index contributed by atoms with van der Waals surface area (Å²) in [7, 11) is 0. The van der Waals surface area contributed by atoms with E-state index < -0.39 is 0 Å². The Bertz CT molecular complexity index is 689. The number of piperazine rings is 1. The lowest BCUT2D eigenvalue weighted by molar-refractivity contribution is -0.119. The highest BCUT2D eigenvalue weighted by Crippen LogP contribution is 2.46. The first-order valence-corrected chi connectivity index (χ1v) is 8.17. The largest absolute Gasteiger partial charge is 0.369 e. The molecule has 4 heteroatoms. The second kappa shape index (κ2) is 5.80. The lowest BCUT2D eigenvalue weighted by atomic mass is 10.0. The van der Waals surface area contributed by atoms with Gasteiger partial charge in [-0.1, -0.05) is 48.5 Å². The van der Waals surface area contributed by atoms with Crippen molar-refractivity contribution < 1.29 is 4.79 Å². The van der Waals surface area contributed by atoms with E-state index in [9.17, 15) is 4.79 Å². The summed E-state index contributed by atoms with van der Waals surface area (Å²) in [5.74, 6) is -0.241. The fourth-order valence-corrected chi connectivity index (χ4v) is 3.92. The number of nitrogens with two attached hydrogens (primary N) is 1. The Kier molecular flexibility index (Phi) is 3.63. The van der Waals surface area contributed by atoms with Crippen molar-refractivity contribution in [3.05, 3.63) is 59.7 Å². The molecule has 2 N–H and O–H groups in total. The van der Waals surface area contributed by atoms with Crippen molar-refractivity contribution in [2.45, 2.75) is 6.04 Å². The molecule has 2 aliphatic rings. The number of carbonyl (C=O) groups is 1. The van der Waals surface area contributed by atoms with Crippen molar-refractivity contribution in [3.8, 4) is 11.1 Å². The van der Waals surface area contributed by atoms with Gasteiger partial charge in [-0.15, -0.1) is 0 Å². The fraction of sp³-hybridized carbons (Fsp3) is 0.316. The molecule has 4 nitrogen and oxygen atoms in total. The van der Waals surface area contributed by atoms with E-state index in [0.717, 1.165) is 26.2 Å². The third kappa shape index (κ3) is 2.54. The molecule has 1 aliphatic heterocycles. The Labute approximate surface area is 136 Å². The van der Waals surface area contributed by atoms with Crippen molar-refractivity contribution in [2.75, 3.05) is 32.7 Å². The Balaban J connectivity index is 1.61. The van der Waals surface area contributed by atoms with Gasteiger partial charge in [0, 0.05) is 26.2 Å². The second-order valence-corrected chi connectivity index (χ2v) is 6.36. The molecule has 0 radical (unpaired) electrons. The van der Waals surface area contributed by atoms with Gasteiger partial charge < -0.3 is 5.73 Å². The maximum Gasteiger partial charge on any atom is 0.231 e. The molecule has 0 aromatic heterocycles. The van der Waals surface area contributed by atoms with Crippen LogP contribution in [0.4, 0.5) is 0 Å². The van der Waals surface area contributed by atoms with Gasteiger partial charge in [0.05, 0.1) is 12.6 Å². The number of carbonyl (C=O) groups excluding carboxylic acids is 1. The molecule has 4 rings (SSSR count). The molecule has 1 fully saturated rings.